The first-order valence-corrected chi connectivity index (χ1v) is 12.8. The average Bonchev–Trinajstić information content (AvgIpc) is 3.29. The number of aromatic amines is 1. The minimum atomic E-state index is -3.14. The number of anilines is 1. The summed E-state index contributed by atoms with van der Waals surface area (Å²) in [6, 6.07) is 11.5. The predicted octanol–water partition coefficient (Wildman–Crippen LogP) is 6.86. The van der Waals surface area contributed by atoms with Crippen molar-refractivity contribution in [1.29, 1.82) is 0 Å². The maximum atomic E-state index is 14.5. The van der Waals surface area contributed by atoms with Gasteiger partial charge in [-0.1, -0.05) is 31.5 Å². The average molecular weight is 522 g/mol. The third kappa shape index (κ3) is 5.28. The van der Waals surface area contributed by atoms with Crippen LogP contribution < -0.4 is 5.73 Å². The SMILES string of the molecule is CC(F)(F)c1cnc(C[C@@H]2CCC[C@](C)(CC(=O)c3ccc(N)c(F)c3)C2)nc1-c1n[nH]c2ccccc12. The molecule has 1 aliphatic rings. The van der Waals surface area contributed by atoms with Gasteiger partial charge in [0.2, 0.25) is 0 Å². The Balaban J connectivity index is 1.38. The summed E-state index contributed by atoms with van der Waals surface area (Å²) in [7, 11) is 0. The first-order valence-electron chi connectivity index (χ1n) is 12.8. The van der Waals surface area contributed by atoms with Gasteiger partial charge >= 0.3 is 0 Å². The number of nitrogens with zero attached hydrogens (tertiary/aromatic N) is 3. The normalized spacial score (nSPS) is 20.1. The summed E-state index contributed by atoms with van der Waals surface area (Å²) in [6.45, 7) is 2.91. The summed E-state index contributed by atoms with van der Waals surface area (Å²) in [5, 5.41) is 7.91. The van der Waals surface area contributed by atoms with Crippen LogP contribution in [-0.2, 0) is 12.3 Å². The Morgan fingerprint density at radius 2 is 2.00 bits per heavy atom. The van der Waals surface area contributed by atoms with Crippen molar-refractivity contribution in [3.63, 3.8) is 0 Å². The molecule has 0 radical (unpaired) electrons. The van der Waals surface area contributed by atoms with Gasteiger partial charge in [0.1, 0.15) is 23.0 Å². The number of alkyl halides is 2. The van der Waals surface area contributed by atoms with Crippen LogP contribution in [0, 0.1) is 17.2 Å². The van der Waals surface area contributed by atoms with E-state index in [1.165, 1.54) is 18.3 Å². The van der Waals surface area contributed by atoms with Gasteiger partial charge in [-0.3, -0.25) is 9.89 Å². The van der Waals surface area contributed by atoms with E-state index in [2.05, 4.69) is 27.1 Å². The number of H-pyrrole nitrogens is 1. The van der Waals surface area contributed by atoms with Crippen LogP contribution in [0.3, 0.4) is 0 Å². The number of rotatable bonds is 7. The smallest absolute Gasteiger partial charge is 0.274 e. The van der Waals surface area contributed by atoms with Gasteiger partial charge in [0.05, 0.1) is 16.8 Å². The van der Waals surface area contributed by atoms with E-state index >= 15 is 0 Å². The van der Waals surface area contributed by atoms with Crippen LogP contribution in [0.5, 0.6) is 0 Å². The zero-order chi connectivity index (χ0) is 27.1. The van der Waals surface area contributed by atoms with Crippen LogP contribution in [0.4, 0.5) is 18.9 Å². The number of para-hydroxylation sites is 1. The number of benzene rings is 2. The van der Waals surface area contributed by atoms with E-state index < -0.39 is 11.7 Å². The van der Waals surface area contributed by atoms with E-state index in [-0.39, 0.29) is 34.1 Å². The van der Waals surface area contributed by atoms with Crippen molar-refractivity contribution >= 4 is 22.4 Å². The summed E-state index contributed by atoms with van der Waals surface area (Å²) in [6.07, 6.45) is 5.49. The van der Waals surface area contributed by atoms with Crippen molar-refractivity contribution in [2.45, 2.75) is 58.3 Å². The molecule has 0 spiro atoms. The standard InChI is InChI=1S/C29H30F3N5O/c1-28(15-24(38)18-9-10-22(33)21(30)13-18)11-5-6-17(14-28)12-25-34-16-20(29(2,31)32)27(35-25)26-19-7-3-4-8-23(19)36-37-26/h3-4,7-10,13,16-17H,5-6,11-12,14-15,33H2,1-2H3,(H,36,37)/t17-,28-/m0/s1. The highest BCUT2D eigenvalue weighted by atomic mass is 19.3. The second kappa shape index (κ2) is 9.85. The number of nitrogens with one attached hydrogen (secondary N) is 1. The van der Waals surface area contributed by atoms with E-state index in [0.29, 0.717) is 35.3 Å². The number of nitrogen functional groups attached to an aromatic ring is 1. The molecule has 2 aromatic carbocycles. The number of fused-ring (bicyclic) bond motifs is 1. The minimum Gasteiger partial charge on any atom is -0.396 e. The summed E-state index contributed by atoms with van der Waals surface area (Å²) >= 11 is 0. The van der Waals surface area contributed by atoms with E-state index in [1.807, 2.05) is 24.3 Å². The summed E-state index contributed by atoms with van der Waals surface area (Å²) in [5.41, 5.74) is 6.57. The van der Waals surface area contributed by atoms with Gasteiger partial charge in [-0.05, 0) is 54.9 Å². The largest absolute Gasteiger partial charge is 0.396 e. The van der Waals surface area contributed by atoms with Crippen molar-refractivity contribution in [3.8, 4) is 11.4 Å². The quantitative estimate of drug-likeness (QED) is 0.204. The molecule has 3 N–H and O–H groups in total. The zero-order valence-electron chi connectivity index (χ0n) is 21.4. The highest BCUT2D eigenvalue weighted by molar-refractivity contribution is 5.96. The Labute approximate surface area is 218 Å². The van der Waals surface area contributed by atoms with Gasteiger partial charge in [-0.25, -0.2) is 23.1 Å². The molecule has 2 aromatic heterocycles. The second-order valence-electron chi connectivity index (χ2n) is 10.9. The van der Waals surface area contributed by atoms with E-state index in [0.717, 1.165) is 38.1 Å². The van der Waals surface area contributed by atoms with Crippen molar-refractivity contribution in [3.05, 3.63) is 71.4 Å². The van der Waals surface area contributed by atoms with Gasteiger partial charge in [-0.2, -0.15) is 5.10 Å². The first kappa shape index (κ1) is 25.9. The van der Waals surface area contributed by atoms with Gasteiger partial charge in [0.25, 0.3) is 5.92 Å². The maximum Gasteiger partial charge on any atom is 0.274 e. The highest BCUT2D eigenvalue weighted by Crippen LogP contribution is 2.44. The Bertz CT molecular complexity index is 1500. The molecule has 1 fully saturated rings. The molecule has 6 nitrogen and oxygen atoms in total. The summed E-state index contributed by atoms with van der Waals surface area (Å²) in [4.78, 5) is 21.9. The fourth-order valence-corrected chi connectivity index (χ4v) is 5.66. The number of hydrogen-bond donors (Lipinski definition) is 2. The molecular weight excluding hydrogens is 491 g/mol. The number of hydrogen-bond acceptors (Lipinski definition) is 5. The zero-order valence-corrected chi connectivity index (χ0v) is 21.4. The molecule has 0 unspecified atom stereocenters. The fraction of sp³-hybridized carbons (Fsp3) is 0.379. The molecule has 0 amide bonds. The Morgan fingerprint density at radius 3 is 2.76 bits per heavy atom. The molecule has 38 heavy (non-hydrogen) atoms. The summed E-state index contributed by atoms with van der Waals surface area (Å²) in [5.74, 6) is -3.20. The van der Waals surface area contributed by atoms with E-state index in [9.17, 15) is 18.0 Å². The van der Waals surface area contributed by atoms with Crippen LogP contribution in [-0.4, -0.2) is 25.9 Å². The minimum absolute atomic E-state index is 0.0135. The van der Waals surface area contributed by atoms with Gasteiger partial charge in [0, 0.05) is 36.9 Å². The molecule has 0 aliphatic heterocycles. The number of ketones is 1. The molecule has 1 aliphatic carbocycles. The molecule has 0 bridgehead atoms. The lowest BCUT2D eigenvalue weighted by atomic mass is 9.67. The van der Waals surface area contributed by atoms with Gasteiger partial charge in [0.15, 0.2) is 5.78 Å². The third-order valence-corrected chi connectivity index (χ3v) is 7.56. The lowest BCUT2D eigenvalue weighted by Crippen LogP contribution is -2.30. The Morgan fingerprint density at radius 1 is 1.21 bits per heavy atom. The lowest BCUT2D eigenvalue weighted by molar-refractivity contribution is 0.0173. The topological polar surface area (TPSA) is 97.6 Å². The van der Waals surface area contributed by atoms with E-state index in [1.54, 1.807) is 6.07 Å². The number of carbonyl (C=O) groups is 1. The van der Waals surface area contributed by atoms with Crippen LogP contribution in [0.1, 0.15) is 67.7 Å². The molecule has 4 aromatic rings. The molecule has 198 valence electrons. The molecule has 1 saturated carbocycles. The van der Waals surface area contributed by atoms with Crippen LogP contribution in [0.15, 0.2) is 48.7 Å². The van der Waals surface area contributed by atoms with Crippen molar-refractivity contribution in [2.24, 2.45) is 11.3 Å². The number of halogens is 3. The number of Topliss-reactive ketones (excluding diaryl/α,β-unsaturated/α-hetero) is 1. The lowest BCUT2D eigenvalue weighted by Gasteiger charge is -2.38. The Hall–Kier alpha value is -3.75. The van der Waals surface area contributed by atoms with Crippen molar-refractivity contribution in [2.75, 3.05) is 5.73 Å². The van der Waals surface area contributed by atoms with Crippen LogP contribution in [0.25, 0.3) is 22.3 Å². The highest BCUT2D eigenvalue weighted by Gasteiger charge is 2.36. The first-order chi connectivity index (χ1) is 18.0. The number of aromatic nitrogens is 4. The Kier molecular flexibility index (Phi) is 6.71. The molecule has 5 rings (SSSR count). The molecule has 0 saturated heterocycles. The predicted molar refractivity (Wildman–Crippen MR) is 140 cm³/mol. The van der Waals surface area contributed by atoms with Crippen molar-refractivity contribution < 1.29 is 18.0 Å². The second-order valence-corrected chi connectivity index (χ2v) is 10.9. The molecule has 2 heterocycles. The monoisotopic (exact) mass is 521 g/mol. The van der Waals surface area contributed by atoms with Crippen molar-refractivity contribution in [1.82, 2.24) is 20.2 Å². The molecule has 2 atom stereocenters. The van der Waals surface area contributed by atoms with Crippen LogP contribution >= 0.6 is 0 Å². The molecular formula is C29H30F3N5O. The fourth-order valence-electron chi connectivity index (χ4n) is 5.66. The van der Waals surface area contributed by atoms with Gasteiger partial charge < -0.3 is 5.73 Å². The van der Waals surface area contributed by atoms with Crippen LogP contribution in [0.2, 0.25) is 0 Å². The van der Waals surface area contributed by atoms with Gasteiger partial charge in [-0.15, -0.1) is 0 Å². The molecule has 9 heteroatoms. The van der Waals surface area contributed by atoms with E-state index in [4.69, 9.17) is 5.73 Å². The number of nitrogens with two attached hydrogens (primary N) is 1. The number of carbonyl (C=O) groups excluding carboxylic acids is 1. The maximum absolute atomic E-state index is 14.5. The summed E-state index contributed by atoms with van der Waals surface area (Å²) < 4.78 is 43.0. The third-order valence-electron chi connectivity index (χ3n) is 7.56.